The van der Waals surface area contributed by atoms with Crippen molar-refractivity contribution in [2.75, 3.05) is 11.9 Å². The average Bonchev–Trinajstić information content (AvgIpc) is 2.66. The number of anilines is 1. The number of nitrogens with two attached hydrogens (primary N) is 1. The second kappa shape index (κ2) is 10.3. The predicted molar refractivity (Wildman–Crippen MR) is 107 cm³/mol. The molecule has 0 aliphatic heterocycles. The average molecular weight is 404 g/mol. The van der Waals surface area contributed by atoms with E-state index >= 15 is 0 Å². The highest BCUT2D eigenvalue weighted by atomic mass is 35.5. The van der Waals surface area contributed by atoms with Gasteiger partial charge >= 0.3 is 12.0 Å². The Hall–Kier alpha value is -3.06. The molecule has 2 rings (SSSR count). The van der Waals surface area contributed by atoms with E-state index in [2.05, 4.69) is 10.6 Å². The molecule has 1 unspecified atom stereocenters. The minimum Gasteiger partial charge on any atom is -0.462 e. The van der Waals surface area contributed by atoms with Crippen LogP contribution in [0.1, 0.15) is 41.7 Å². The first-order valence-electron chi connectivity index (χ1n) is 8.78. The first kappa shape index (κ1) is 21.2. The summed E-state index contributed by atoms with van der Waals surface area (Å²) in [7, 11) is 0. The first-order chi connectivity index (χ1) is 13.4. The lowest BCUT2D eigenvalue weighted by atomic mass is 10.0. The molecular formula is C20H22ClN3O4. The fourth-order valence-electron chi connectivity index (χ4n) is 2.53. The zero-order valence-corrected chi connectivity index (χ0v) is 16.2. The molecule has 2 aromatic carbocycles. The molecule has 0 heterocycles. The SMILES string of the molecule is CCCOC(=O)c1ccc(NC(=O)CC(NC(N)=O)c2ccccc2Cl)cc1. The zero-order valence-electron chi connectivity index (χ0n) is 15.4. The number of amides is 3. The highest BCUT2D eigenvalue weighted by Gasteiger charge is 2.20. The highest BCUT2D eigenvalue weighted by molar-refractivity contribution is 6.31. The van der Waals surface area contributed by atoms with Crippen LogP contribution >= 0.6 is 11.6 Å². The number of carbonyl (C=O) groups is 3. The largest absolute Gasteiger partial charge is 0.462 e. The summed E-state index contributed by atoms with van der Waals surface area (Å²) in [5.41, 5.74) is 6.72. The standard InChI is InChI=1S/C20H22ClN3O4/c1-2-11-28-19(26)13-7-9-14(10-8-13)23-18(25)12-17(24-20(22)27)15-5-3-4-6-16(15)21/h3-10,17H,2,11-12H2,1H3,(H,23,25)(H3,22,24,27). The molecule has 0 aliphatic carbocycles. The maximum atomic E-state index is 12.4. The van der Waals surface area contributed by atoms with Gasteiger partial charge in [0.15, 0.2) is 0 Å². The molecule has 0 saturated carbocycles. The smallest absolute Gasteiger partial charge is 0.338 e. The Morgan fingerprint density at radius 2 is 1.79 bits per heavy atom. The van der Waals surface area contributed by atoms with Crippen LogP contribution in [-0.2, 0) is 9.53 Å². The van der Waals surface area contributed by atoms with Crippen LogP contribution in [0.5, 0.6) is 0 Å². The van der Waals surface area contributed by atoms with Crippen molar-refractivity contribution in [2.45, 2.75) is 25.8 Å². The van der Waals surface area contributed by atoms with Crippen molar-refractivity contribution in [3.63, 3.8) is 0 Å². The van der Waals surface area contributed by atoms with Crippen molar-refractivity contribution < 1.29 is 19.1 Å². The van der Waals surface area contributed by atoms with Gasteiger partial charge in [-0.25, -0.2) is 9.59 Å². The molecule has 0 radical (unpaired) electrons. The van der Waals surface area contributed by atoms with Crippen LogP contribution in [0.25, 0.3) is 0 Å². The zero-order chi connectivity index (χ0) is 20.5. The summed E-state index contributed by atoms with van der Waals surface area (Å²) in [6, 6.07) is 11.8. The molecule has 2 aromatic rings. The van der Waals surface area contributed by atoms with Crippen molar-refractivity contribution >= 4 is 35.2 Å². The van der Waals surface area contributed by atoms with E-state index in [1.165, 1.54) is 0 Å². The summed E-state index contributed by atoms with van der Waals surface area (Å²) in [5.74, 6) is -0.760. The molecule has 0 bridgehead atoms. The summed E-state index contributed by atoms with van der Waals surface area (Å²) in [6.45, 7) is 2.27. The molecule has 7 nitrogen and oxygen atoms in total. The van der Waals surface area contributed by atoms with Gasteiger partial charge in [0.25, 0.3) is 0 Å². The molecule has 0 spiro atoms. The molecule has 4 N–H and O–H groups in total. The summed E-state index contributed by atoms with van der Waals surface area (Å²) < 4.78 is 5.06. The monoisotopic (exact) mass is 403 g/mol. The number of rotatable bonds is 8. The Balaban J connectivity index is 2.03. The highest BCUT2D eigenvalue weighted by Crippen LogP contribution is 2.25. The summed E-state index contributed by atoms with van der Waals surface area (Å²) in [5, 5.41) is 5.67. The Labute approximate surface area is 168 Å². The quantitative estimate of drug-likeness (QED) is 0.584. The second-order valence-electron chi connectivity index (χ2n) is 6.05. The number of carbonyl (C=O) groups excluding carboxylic acids is 3. The van der Waals surface area contributed by atoms with Crippen molar-refractivity contribution in [1.82, 2.24) is 5.32 Å². The van der Waals surface area contributed by atoms with Crippen LogP contribution in [0.2, 0.25) is 5.02 Å². The van der Waals surface area contributed by atoms with E-state index in [0.717, 1.165) is 6.42 Å². The van der Waals surface area contributed by atoms with E-state index in [-0.39, 0.29) is 12.3 Å². The van der Waals surface area contributed by atoms with E-state index in [1.54, 1.807) is 48.5 Å². The minimum absolute atomic E-state index is 0.0625. The Morgan fingerprint density at radius 1 is 1.11 bits per heavy atom. The van der Waals surface area contributed by atoms with Gasteiger partial charge in [-0.15, -0.1) is 0 Å². The molecule has 148 valence electrons. The van der Waals surface area contributed by atoms with E-state index in [4.69, 9.17) is 22.1 Å². The fraction of sp³-hybridized carbons (Fsp3) is 0.250. The molecule has 1 atom stereocenters. The number of hydrogen-bond acceptors (Lipinski definition) is 4. The fourth-order valence-corrected chi connectivity index (χ4v) is 2.80. The topological polar surface area (TPSA) is 111 Å². The van der Waals surface area contributed by atoms with Crippen molar-refractivity contribution in [3.05, 3.63) is 64.7 Å². The Bertz CT molecular complexity index is 840. The molecule has 28 heavy (non-hydrogen) atoms. The predicted octanol–water partition coefficient (Wildman–Crippen LogP) is 3.65. The number of nitrogens with one attached hydrogen (secondary N) is 2. The van der Waals surface area contributed by atoms with E-state index in [1.807, 2.05) is 6.92 Å². The van der Waals surface area contributed by atoms with Crippen LogP contribution in [0.15, 0.2) is 48.5 Å². The van der Waals surface area contributed by atoms with Crippen molar-refractivity contribution in [1.29, 1.82) is 0 Å². The van der Waals surface area contributed by atoms with Gasteiger partial charge in [-0.1, -0.05) is 36.7 Å². The first-order valence-corrected chi connectivity index (χ1v) is 9.16. The number of primary amides is 1. The molecule has 0 fully saturated rings. The number of esters is 1. The molecule has 3 amide bonds. The third-order valence-corrected chi connectivity index (χ3v) is 4.17. The molecular weight excluding hydrogens is 382 g/mol. The summed E-state index contributed by atoms with van der Waals surface area (Å²) >= 11 is 6.16. The normalized spacial score (nSPS) is 11.4. The number of hydrogen-bond donors (Lipinski definition) is 3. The molecule has 0 saturated heterocycles. The Kier molecular flexibility index (Phi) is 7.83. The second-order valence-corrected chi connectivity index (χ2v) is 6.46. The lowest BCUT2D eigenvalue weighted by Crippen LogP contribution is -2.35. The maximum Gasteiger partial charge on any atom is 0.338 e. The van der Waals surface area contributed by atoms with E-state index < -0.39 is 18.0 Å². The van der Waals surface area contributed by atoms with Crippen LogP contribution in [-0.4, -0.2) is 24.5 Å². The van der Waals surface area contributed by atoms with Gasteiger partial charge in [-0.2, -0.15) is 0 Å². The minimum atomic E-state index is -0.757. The van der Waals surface area contributed by atoms with Crippen molar-refractivity contribution in [3.8, 4) is 0 Å². The van der Waals surface area contributed by atoms with Crippen LogP contribution < -0.4 is 16.4 Å². The Morgan fingerprint density at radius 3 is 2.39 bits per heavy atom. The van der Waals surface area contributed by atoms with Crippen LogP contribution in [0.3, 0.4) is 0 Å². The van der Waals surface area contributed by atoms with E-state index in [9.17, 15) is 14.4 Å². The number of ether oxygens (including phenoxy) is 1. The van der Waals surface area contributed by atoms with Gasteiger partial charge in [0, 0.05) is 10.7 Å². The van der Waals surface area contributed by atoms with Crippen LogP contribution in [0.4, 0.5) is 10.5 Å². The van der Waals surface area contributed by atoms with Gasteiger partial charge < -0.3 is 21.1 Å². The van der Waals surface area contributed by atoms with Gasteiger partial charge in [0.1, 0.15) is 0 Å². The molecule has 8 heteroatoms. The van der Waals surface area contributed by atoms with Crippen LogP contribution in [0, 0.1) is 0 Å². The van der Waals surface area contributed by atoms with Crippen molar-refractivity contribution in [2.24, 2.45) is 5.73 Å². The number of urea groups is 1. The lowest BCUT2D eigenvalue weighted by molar-refractivity contribution is -0.116. The number of halogens is 1. The third-order valence-electron chi connectivity index (χ3n) is 3.83. The van der Waals surface area contributed by atoms with Gasteiger partial charge in [0.2, 0.25) is 5.91 Å². The summed E-state index contributed by atoms with van der Waals surface area (Å²) in [6.07, 6.45) is 0.679. The number of benzene rings is 2. The van der Waals surface area contributed by atoms with Gasteiger partial charge in [0.05, 0.1) is 24.6 Å². The lowest BCUT2D eigenvalue weighted by Gasteiger charge is -2.19. The summed E-state index contributed by atoms with van der Waals surface area (Å²) in [4.78, 5) is 35.5. The maximum absolute atomic E-state index is 12.4. The molecule has 0 aliphatic rings. The van der Waals surface area contributed by atoms with E-state index in [0.29, 0.717) is 28.4 Å². The molecule has 0 aromatic heterocycles. The third kappa shape index (κ3) is 6.28. The van der Waals surface area contributed by atoms with Gasteiger partial charge in [-0.3, -0.25) is 4.79 Å². The van der Waals surface area contributed by atoms with Gasteiger partial charge in [-0.05, 0) is 42.3 Å².